The van der Waals surface area contributed by atoms with E-state index in [1.165, 1.54) is 0 Å². The molecule has 260 valence electrons. The molecular formula is C38H35ClN6O6. The number of carbonyl (C=O) groups excluding carboxylic acids is 1. The van der Waals surface area contributed by atoms with Crippen molar-refractivity contribution in [1.82, 2.24) is 24.7 Å². The van der Waals surface area contributed by atoms with Crippen molar-refractivity contribution in [2.75, 3.05) is 32.7 Å². The van der Waals surface area contributed by atoms with Gasteiger partial charge in [-0.1, -0.05) is 35.9 Å². The number of nitriles is 1. The topological polar surface area (TPSA) is 160 Å². The maximum atomic E-state index is 12.9. The summed E-state index contributed by atoms with van der Waals surface area (Å²) in [7, 11) is 0. The molecule has 0 bridgehead atoms. The van der Waals surface area contributed by atoms with Crippen LogP contribution in [0.4, 0.5) is 0 Å². The first kappa shape index (κ1) is 33.1. The van der Waals surface area contributed by atoms with Crippen LogP contribution >= 0.6 is 11.6 Å². The van der Waals surface area contributed by atoms with Crippen molar-refractivity contribution < 1.29 is 28.6 Å². The molecule has 0 aliphatic carbocycles. The van der Waals surface area contributed by atoms with Gasteiger partial charge in [-0.05, 0) is 67.3 Å². The molecule has 8 rings (SSSR count). The molecule has 2 saturated heterocycles. The van der Waals surface area contributed by atoms with E-state index in [2.05, 4.69) is 11.0 Å². The van der Waals surface area contributed by atoms with Crippen LogP contribution in [0.3, 0.4) is 0 Å². The monoisotopic (exact) mass is 706 g/mol. The Morgan fingerprint density at radius 3 is 2.43 bits per heavy atom. The number of β-amino-alcohol motifs (C(OH)–C–C–N with tert-alkyl or cyclic N) is 1. The number of aromatic nitrogens is 2. The zero-order valence-corrected chi connectivity index (χ0v) is 28.7. The average Bonchev–Trinajstić information content (AvgIpc) is 3.94. The first-order valence-corrected chi connectivity index (χ1v) is 17.4. The molecule has 51 heavy (non-hydrogen) atoms. The standard InChI is InChI=1S/C38H35ClN6O6/c1-21-26(4-2-5-27(21)36-41-30-13-22(12-24(14-40)35(30)51-36)15-43-10-8-23(16-43)38(48)49)28-6-3-7-29(34(28)39)37-42-31-18-45(19-32(31)50-37)33(47)20-44-11-9-25(46)17-44/h2-7,12-13,23,25,46H,8-11,15-20H2,1H3,(H,48,49)/t23-,25-/m1/s1. The van der Waals surface area contributed by atoms with Crippen LogP contribution in [0.5, 0.6) is 0 Å². The van der Waals surface area contributed by atoms with Gasteiger partial charge in [-0.15, -0.1) is 0 Å². The smallest absolute Gasteiger partial charge is 0.307 e. The molecule has 2 fully saturated rings. The number of aliphatic hydroxyl groups excluding tert-OH is 1. The predicted octanol–water partition coefficient (Wildman–Crippen LogP) is 5.47. The molecular weight excluding hydrogens is 672 g/mol. The van der Waals surface area contributed by atoms with E-state index < -0.39 is 5.97 Å². The average molecular weight is 707 g/mol. The highest BCUT2D eigenvalue weighted by Gasteiger charge is 2.32. The van der Waals surface area contributed by atoms with Gasteiger partial charge >= 0.3 is 5.97 Å². The van der Waals surface area contributed by atoms with Gasteiger partial charge in [0.2, 0.25) is 17.7 Å². The summed E-state index contributed by atoms with van der Waals surface area (Å²) >= 11 is 7.07. The first-order valence-electron chi connectivity index (χ1n) is 17.0. The molecule has 12 nitrogen and oxygen atoms in total. The maximum absolute atomic E-state index is 12.9. The number of fused-ring (bicyclic) bond motifs is 2. The molecule has 2 N–H and O–H groups in total. The zero-order chi connectivity index (χ0) is 35.4. The minimum absolute atomic E-state index is 0.0183. The molecule has 0 spiro atoms. The minimum Gasteiger partial charge on any atom is -0.481 e. The Kier molecular flexibility index (Phi) is 8.60. The number of hydrogen-bond donors (Lipinski definition) is 2. The quantitative estimate of drug-likeness (QED) is 0.211. The van der Waals surface area contributed by atoms with Gasteiger partial charge in [-0.2, -0.15) is 5.26 Å². The van der Waals surface area contributed by atoms with E-state index in [9.17, 15) is 25.1 Å². The second kappa shape index (κ2) is 13.2. The number of benzene rings is 3. The van der Waals surface area contributed by atoms with Gasteiger partial charge in [0.25, 0.3) is 0 Å². The number of carbonyl (C=O) groups is 2. The molecule has 2 atom stereocenters. The lowest BCUT2D eigenvalue weighted by molar-refractivity contribution is -0.141. The SMILES string of the molecule is Cc1c(-c2nc3cc(CN4CC[C@@H](C(=O)O)C4)cc(C#N)c3o2)cccc1-c1cccc(-c2nc3c(o2)CN(C(=O)CN2CC[C@@H](O)C2)C3)c1Cl. The largest absolute Gasteiger partial charge is 0.481 e. The molecule has 3 aliphatic rings. The lowest BCUT2D eigenvalue weighted by Gasteiger charge is -2.20. The van der Waals surface area contributed by atoms with Gasteiger partial charge in [0.15, 0.2) is 5.58 Å². The number of likely N-dealkylation sites (tertiary alicyclic amines) is 2. The summed E-state index contributed by atoms with van der Waals surface area (Å²) in [6, 6.07) is 17.4. The van der Waals surface area contributed by atoms with Crippen molar-refractivity contribution >= 4 is 34.6 Å². The second-order valence-electron chi connectivity index (χ2n) is 13.6. The molecule has 5 heterocycles. The van der Waals surface area contributed by atoms with E-state index in [-0.39, 0.29) is 24.5 Å². The fraction of sp³-hybridized carbons (Fsp3) is 0.342. The van der Waals surface area contributed by atoms with Crippen molar-refractivity contribution in [2.45, 2.75) is 45.5 Å². The lowest BCUT2D eigenvalue weighted by Crippen LogP contribution is -2.37. The van der Waals surface area contributed by atoms with Crippen LogP contribution in [0.25, 0.3) is 45.1 Å². The van der Waals surface area contributed by atoms with Crippen LogP contribution in [0, 0.1) is 24.2 Å². The van der Waals surface area contributed by atoms with E-state index >= 15 is 0 Å². The third kappa shape index (κ3) is 6.27. The summed E-state index contributed by atoms with van der Waals surface area (Å²) in [5.74, 6) is 0.225. The van der Waals surface area contributed by atoms with Crippen molar-refractivity contribution in [1.29, 1.82) is 5.26 Å². The van der Waals surface area contributed by atoms with Crippen molar-refractivity contribution in [3.05, 3.63) is 81.7 Å². The number of rotatable bonds is 8. The van der Waals surface area contributed by atoms with Crippen LogP contribution in [0.2, 0.25) is 5.02 Å². The summed E-state index contributed by atoms with van der Waals surface area (Å²) in [5, 5.41) is 29.6. The van der Waals surface area contributed by atoms with Crippen LogP contribution < -0.4 is 0 Å². The number of aliphatic carboxylic acids is 1. The predicted molar refractivity (Wildman–Crippen MR) is 187 cm³/mol. The number of carboxylic acid groups (broad SMARTS) is 1. The number of nitrogens with zero attached hydrogens (tertiary/aromatic N) is 6. The Morgan fingerprint density at radius 1 is 0.961 bits per heavy atom. The Morgan fingerprint density at radius 2 is 1.71 bits per heavy atom. The first-order chi connectivity index (χ1) is 24.6. The van der Waals surface area contributed by atoms with Crippen LogP contribution in [-0.2, 0) is 29.2 Å². The van der Waals surface area contributed by atoms with Gasteiger partial charge in [-0.25, -0.2) is 9.97 Å². The maximum Gasteiger partial charge on any atom is 0.307 e. The minimum atomic E-state index is -0.782. The van der Waals surface area contributed by atoms with Gasteiger partial charge in [-0.3, -0.25) is 19.4 Å². The lowest BCUT2D eigenvalue weighted by atomic mass is 9.95. The summed E-state index contributed by atoms with van der Waals surface area (Å²) in [5.41, 5.74) is 6.83. The number of carboxylic acids is 1. The Balaban J connectivity index is 1.04. The molecule has 13 heteroatoms. The fourth-order valence-electron chi connectivity index (χ4n) is 7.46. The highest BCUT2D eigenvalue weighted by atomic mass is 35.5. The fourth-order valence-corrected chi connectivity index (χ4v) is 7.77. The molecule has 3 aromatic carbocycles. The number of amides is 1. The van der Waals surface area contributed by atoms with Crippen LogP contribution in [0.1, 0.15) is 41.0 Å². The highest BCUT2D eigenvalue weighted by Crippen LogP contribution is 2.41. The Labute approximate surface area is 298 Å². The summed E-state index contributed by atoms with van der Waals surface area (Å²) < 4.78 is 12.4. The zero-order valence-electron chi connectivity index (χ0n) is 27.9. The Bertz CT molecular complexity index is 2220. The van der Waals surface area contributed by atoms with Gasteiger partial charge in [0, 0.05) is 37.3 Å². The summed E-state index contributed by atoms with van der Waals surface area (Å²) in [6.07, 6.45) is 0.911. The van der Waals surface area contributed by atoms with E-state index in [1.807, 2.05) is 54.3 Å². The van der Waals surface area contributed by atoms with Gasteiger partial charge in [0.05, 0.1) is 47.8 Å². The van der Waals surface area contributed by atoms with E-state index in [1.54, 1.807) is 11.0 Å². The highest BCUT2D eigenvalue weighted by molar-refractivity contribution is 6.36. The number of hydrogen-bond acceptors (Lipinski definition) is 10. The van der Waals surface area contributed by atoms with Crippen LogP contribution in [-0.4, -0.2) is 85.6 Å². The Hall–Kier alpha value is -5.06. The second-order valence-corrected chi connectivity index (χ2v) is 14.0. The molecule has 0 radical (unpaired) electrons. The van der Waals surface area contributed by atoms with E-state index in [4.69, 9.17) is 30.4 Å². The van der Waals surface area contributed by atoms with E-state index in [0.717, 1.165) is 27.8 Å². The molecule has 2 aromatic heterocycles. The molecule has 3 aliphatic heterocycles. The molecule has 0 unspecified atom stereocenters. The number of aliphatic hydroxyl groups is 1. The van der Waals surface area contributed by atoms with Gasteiger partial charge in [0.1, 0.15) is 23.0 Å². The van der Waals surface area contributed by atoms with E-state index in [0.29, 0.717) is 109 Å². The van der Waals surface area contributed by atoms with Crippen LogP contribution in [0.15, 0.2) is 57.4 Å². The van der Waals surface area contributed by atoms with Crippen molar-refractivity contribution in [2.24, 2.45) is 5.92 Å². The third-order valence-corrected chi connectivity index (χ3v) is 10.6. The third-order valence-electron chi connectivity index (χ3n) is 10.2. The normalized spacial score (nSPS) is 19.2. The molecule has 5 aromatic rings. The van der Waals surface area contributed by atoms with Crippen molar-refractivity contribution in [3.63, 3.8) is 0 Å². The van der Waals surface area contributed by atoms with Gasteiger partial charge < -0.3 is 23.9 Å². The summed E-state index contributed by atoms with van der Waals surface area (Å²) in [6.45, 7) is 5.82. The van der Waals surface area contributed by atoms with Crippen molar-refractivity contribution in [3.8, 4) is 40.1 Å². The number of oxazole rings is 2. The molecule has 0 saturated carbocycles. The summed E-state index contributed by atoms with van der Waals surface area (Å²) in [4.78, 5) is 39.6. The number of halogens is 1. The molecule has 1 amide bonds.